The fourth-order valence-corrected chi connectivity index (χ4v) is 2.50. The quantitative estimate of drug-likeness (QED) is 0.530. The molecule has 0 fully saturated rings. The van der Waals surface area contributed by atoms with Crippen LogP contribution in [0, 0.1) is 11.3 Å². The van der Waals surface area contributed by atoms with Crippen molar-refractivity contribution in [1.29, 1.82) is 5.26 Å². The van der Waals surface area contributed by atoms with Gasteiger partial charge >= 0.3 is 6.18 Å². The molecule has 4 rings (SSSR count). The van der Waals surface area contributed by atoms with Gasteiger partial charge in [-0.25, -0.2) is 0 Å². The molecule has 0 amide bonds. The van der Waals surface area contributed by atoms with Crippen LogP contribution >= 0.6 is 0 Å². The van der Waals surface area contributed by atoms with E-state index in [-0.39, 0.29) is 28.7 Å². The number of aromatic nitrogens is 4. The van der Waals surface area contributed by atoms with Crippen molar-refractivity contribution in [3.05, 3.63) is 65.9 Å². The van der Waals surface area contributed by atoms with Crippen molar-refractivity contribution in [2.75, 3.05) is 0 Å². The van der Waals surface area contributed by atoms with E-state index < -0.39 is 11.7 Å². The lowest BCUT2D eigenvalue weighted by Gasteiger charge is -2.09. The molecule has 0 bridgehead atoms. The summed E-state index contributed by atoms with van der Waals surface area (Å²) in [5, 5.41) is 19.4. The average molecular weight is 397 g/mol. The van der Waals surface area contributed by atoms with Crippen LogP contribution < -0.4 is 4.74 Å². The van der Waals surface area contributed by atoms with Gasteiger partial charge in [-0.2, -0.15) is 28.5 Å². The zero-order chi connectivity index (χ0) is 20.4. The van der Waals surface area contributed by atoms with Gasteiger partial charge in [-0.1, -0.05) is 5.16 Å². The third-order valence-electron chi connectivity index (χ3n) is 3.92. The van der Waals surface area contributed by atoms with Gasteiger partial charge in [0, 0.05) is 11.8 Å². The SMILES string of the molecule is N#Cc1c[nH]nc1-c1nc(-c2ccc(Oc3ccc(C(F)(F)F)cc3)cc2)no1. The van der Waals surface area contributed by atoms with Crippen LogP contribution in [0.2, 0.25) is 0 Å². The predicted molar refractivity (Wildman–Crippen MR) is 93.5 cm³/mol. The predicted octanol–water partition coefficient (Wildman–Crippen LogP) is 4.81. The van der Waals surface area contributed by atoms with E-state index in [1.54, 1.807) is 24.3 Å². The molecule has 0 unspecified atom stereocenters. The highest BCUT2D eigenvalue weighted by Crippen LogP contribution is 2.32. The van der Waals surface area contributed by atoms with E-state index in [0.29, 0.717) is 11.3 Å². The highest BCUT2D eigenvalue weighted by atomic mass is 19.4. The van der Waals surface area contributed by atoms with Crippen LogP contribution in [0.3, 0.4) is 0 Å². The number of aromatic amines is 1. The van der Waals surface area contributed by atoms with Crippen molar-refractivity contribution in [2.24, 2.45) is 0 Å². The van der Waals surface area contributed by atoms with Gasteiger partial charge in [-0.05, 0) is 48.5 Å². The highest BCUT2D eigenvalue weighted by Gasteiger charge is 2.30. The first-order chi connectivity index (χ1) is 13.9. The Hall–Kier alpha value is -4.13. The van der Waals surface area contributed by atoms with E-state index in [1.807, 2.05) is 6.07 Å². The summed E-state index contributed by atoms with van der Waals surface area (Å²) in [5.74, 6) is 1.09. The fraction of sp³-hybridized carbons (Fsp3) is 0.0526. The Morgan fingerprint density at radius 2 is 1.66 bits per heavy atom. The first-order valence-corrected chi connectivity index (χ1v) is 8.17. The molecule has 0 aliphatic rings. The molecule has 0 saturated heterocycles. The van der Waals surface area contributed by atoms with Gasteiger partial charge in [0.25, 0.3) is 5.89 Å². The average Bonchev–Trinajstić information content (AvgIpc) is 3.37. The molecule has 29 heavy (non-hydrogen) atoms. The van der Waals surface area contributed by atoms with E-state index in [9.17, 15) is 13.2 Å². The van der Waals surface area contributed by atoms with E-state index in [2.05, 4.69) is 20.3 Å². The number of nitrogens with one attached hydrogen (secondary N) is 1. The highest BCUT2D eigenvalue weighted by molar-refractivity contribution is 5.62. The number of nitrogens with zero attached hydrogens (tertiary/aromatic N) is 4. The monoisotopic (exact) mass is 397 g/mol. The summed E-state index contributed by atoms with van der Waals surface area (Å²) in [6, 6.07) is 13.0. The first-order valence-electron chi connectivity index (χ1n) is 8.17. The van der Waals surface area contributed by atoms with Crippen LogP contribution in [0.15, 0.2) is 59.3 Å². The minimum absolute atomic E-state index is 0.0999. The lowest BCUT2D eigenvalue weighted by atomic mass is 10.2. The van der Waals surface area contributed by atoms with E-state index >= 15 is 0 Å². The van der Waals surface area contributed by atoms with Gasteiger partial charge in [0.15, 0.2) is 5.69 Å². The van der Waals surface area contributed by atoms with Crippen LogP contribution in [-0.2, 0) is 6.18 Å². The molecule has 10 heteroatoms. The number of H-pyrrole nitrogens is 1. The Labute approximate surface area is 161 Å². The second kappa shape index (κ2) is 7.12. The summed E-state index contributed by atoms with van der Waals surface area (Å²) in [7, 11) is 0. The maximum absolute atomic E-state index is 12.6. The zero-order valence-electron chi connectivity index (χ0n) is 14.4. The molecule has 7 nitrogen and oxygen atoms in total. The molecular formula is C19H10F3N5O2. The maximum Gasteiger partial charge on any atom is 0.416 e. The number of alkyl halides is 3. The number of nitriles is 1. The molecule has 0 spiro atoms. The summed E-state index contributed by atoms with van der Waals surface area (Å²) in [4.78, 5) is 4.22. The number of halogens is 3. The van der Waals surface area contributed by atoms with Crippen molar-refractivity contribution < 1.29 is 22.4 Å². The number of benzene rings is 2. The lowest BCUT2D eigenvalue weighted by Crippen LogP contribution is -2.03. The summed E-state index contributed by atoms with van der Waals surface area (Å²) < 4.78 is 48.5. The lowest BCUT2D eigenvalue weighted by molar-refractivity contribution is -0.137. The number of rotatable bonds is 4. The zero-order valence-corrected chi connectivity index (χ0v) is 14.4. The third kappa shape index (κ3) is 3.79. The molecule has 0 saturated carbocycles. The topological polar surface area (TPSA) is 101 Å². The molecule has 144 valence electrons. The number of hydrogen-bond donors (Lipinski definition) is 1. The molecule has 0 radical (unpaired) electrons. The van der Waals surface area contributed by atoms with Gasteiger partial charge in [0.05, 0.1) is 5.56 Å². The van der Waals surface area contributed by atoms with Crippen molar-refractivity contribution in [3.8, 4) is 40.5 Å². The fourth-order valence-electron chi connectivity index (χ4n) is 2.50. The second-order valence-electron chi connectivity index (χ2n) is 5.83. The number of ether oxygens (including phenoxy) is 1. The Bertz CT molecular complexity index is 1170. The Morgan fingerprint density at radius 1 is 1.00 bits per heavy atom. The molecule has 4 aromatic rings. The summed E-state index contributed by atoms with van der Waals surface area (Å²) in [6.07, 6.45) is -2.97. The summed E-state index contributed by atoms with van der Waals surface area (Å²) in [5.41, 5.74) is 0.410. The molecule has 0 aliphatic carbocycles. The van der Waals surface area contributed by atoms with Crippen molar-refractivity contribution >= 4 is 0 Å². The van der Waals surface area contributed by atoms with E-state index in [4.69, 9.17) is 14.5 Å². The van der Waals surface area contributed by atoms with Gasteiger partial charge in [0.1, 0.15) is 23.1 Å². The molecule has 2 aromatic carbocycles. The molecule has 0 atom stereocenters. The van der Waals surface area contributed by atoms with Crippen molar-refractivity contribution in [3.63, 3.8) is 0 Å². The van der Waals surface area contributed by atoms with Gasteiger partial charge in [0.2, 0.25) is 5.82 Å². The van der Waals surface area contributed by atoms with Crippen LogP contribution in [0.1, 0.15) is 11.1 Å². The number of hydrogen-bond acceptors (Lipinski definition) is 6. The van der Waals surface area contributed by atoms with Crippen LogP contribution in [0.4, 0.5) is 13.2 Å². The summed E-state index contributed by atoms with van der Waals surface area (Å²) >= 11 is 0. The normalized spacial score (nSPS) is 11.2. The molecule has 2 aromatic heterocycles. The first kappa shape index (κ1) is 18.2. The van der Waals surface area contributed by atoms with Crippen LogP contribution in [0.5, 0.6) is 11.5 Å². The van der Waals surface area contributed by atoms with E-state index in [1.165, 1.54) is 18.3 Å². The van der Waals surface area contributed by atoms with Crippen LogP contribution in [-0.4, -0.2) is 20.3 Å². The Balaban J connectivity index is 1.49. The molecular weight excluding hydrogens is 387 g/mol. The standard InChI is InChI=1S/C19H10F3N5O2/c20-19(21,22)13-3-7-15(8-4-13)28-14-5-1-11(2-6-14)17-25-18(29-27-17)16-12(9-23)10-24-26-16/h1-8,10H,(H,24,26). The largest absolute Gasteiger partial charge is 0.457 e. The van der Waals surface area contributed by atoms with Gasteiger partial charge in [-0.15, -0.1) is 0 Å². The minimum atomic E-state index is -4.40. The Kier molecular flexibility index (Phi) is 4.48. The second-order valence-corrected chi connectivity index (χ2v) is 5.83. The smallest absolute Gasteiger partial charge is 0.416 e. The molecule has 1 N–H and O–H groups in total. The van der Waals surface area contributed by atoms with Gasteiger partial charge in [-0.3, -0.25) is 5.10 Å². The Morgan fingerprint density at radius 3 is 2.28 bits per heavy atom. The van der Waals surface area contributed by atoms with E-state index in [0.717, 1.165) is 12.1 Å². The summed E-state index contributed by atoms with van der Waals surface area (Å²) in [6.45, 7) is 0. The van der Waals surface area contributed by atoms with Gasteiger partial charge < -0.3 is 9.26 Å². The van der Waals surface area contributed by atoms with Crippen molar-refractivity contribution in [2.45, 2.75) is 6.18 Å². The molecule has 2 heterocycles. The maximum atomic E-state index is 12.6. The molecule has 0 aliphatic heterocycles. The van der Waals surface area contributed by atoms with Crippen molar-refractivity contribution in [1.82, 2.24) is 20.3 Å². The van der Waals surface area contributed by atoms with Crippen LogP contribution in [0.25, 0.3) is 23.0 Å². The third-order valence-corrected chi connectivity index (χ3v) is 3.92. The minimum Gasteiger partial charge on any atom is -0.457 e.